The summed E-state index contributed by atoms with van der Waals surface area (Å²) in [4.78, 5) is 6.87. The standard InChI is InChI=1S/C15H20N4S/c1-2-12-5-7-13(8-6-12)14-16-15(20)19(17-14)11-18-9-3-4-10-18/h5-8H,2-4,9-11H2,1H3,(H,16,17,20). The van der Waals surface area contributed by atoms with E-state index >= 15 is 0 Å². The number of aromatic nitrogens is 3. The second-order valence-corrected chi connectivity index (χ2v) is 5.67. The summed E-state index contributed by atoms with van der Waals surface area (Å²) in [7, 11) is 0. The number of hydrogen-bond donors (Lipinski definition) is 1. The van der Waals surface area contributed by atoms with Gasteiger partial charge in [0.2, 0.25) is 4.77 Å². The minimum absolute atomic E-state index is 0.631. The largest absolute Gasteiger partial charge is 0.284 e. The molecule has 1 N–H and O–H groups in total. The van der Waals surface area contributed by atoms with E-state index in [0.29, 0.717) is 4.77 Å². The van der Waals surface area contributed by atoms with Crippen molar-refractivity contribution in [2.24, 2.45) is 0 Å². The van der Waals surface area contributed by atoms with Crippen molar-refractivity contribution in [3.63, 3.8) is 0 Å². The van der Waals surface area contributed by atoms with Gasteiger partial charge in [0, 0.05) is 5.56 Å². The predicted molar refractivity (Wildman–Crippen MR) is 83.0 cm³/mol. The molecule has 3 rings (SSSR count). The second-order valence-electron chi connectivity index (χ2n) is 5.30. The molecule has 0 atom stereocenters. The molecule has 0 bridgehead atoms. The Bertz CT molecular complexity index is 620. The van der Waals surface area contributed by atoms with Gasteiger partial charge >= 0.3 is 0 Å². The summed E-state index contributed by atoms with van der Waals surface area (Å²) in [5, 5.41) is 3.32. The maximum absolute atomic E-state index is 5.35. The van der Waals surface area contributed by atoms with Crippen molar-refractivity contribution in [3.8, 4) is 11.4 Å². The van der Waals surface area contributed by atoms with Gasteiger partial charge in [-0.2, -0.15) is 4.98 Å². The highest BCUT2D eigenvalue weighted by Crippen LogP contribution is 2.17. The SMILES string of the molecule is CCc1ccc(-c2nc(=S)n(CN3CCCC3)[nH]2)cc1. The molecule has 1 aromatic carbocycles. The van der Waals surface area contributed by atoms with Gasteiger partial charge in [0.25, 0.3) is 0 Å². The molecule has 0 radical (unpaired) electrons. The lowest BCUT2D eigenvalue weighted by molar-refractivity contribution is 0.253. The fourth-order valence-corrected chi connectivity index (χ4v) is 2.80. The number of aryl methyl sites for hydroxylation is 1. The molecule has 0 unspecified atom stereocenters. The summed E-state index contributed by atoms with van der Waals surface area (Å²) in [6.45, 7) is 5.29. The molecule has 106 valence electrons. The van der Waals surface area contributed by atoms with Crippen LogP contribution < -0.4 is 0 Å². The average molecular weight is 288 g/mol. The minimum atomic E-state index is 0.631. The maximum Gasteiger partial charge on any atom is 0.217 e. The monoisotopic (exact) mass is 288 g/mol. The molecule has 1 saturated heterocycles. The molecule has 1 fully saturated rings. The lowest BCUT2D eigenvalue weighted by atomic mass is 10.1. The zero-order chi connectivity index (χ0) is 13.9. The molecule has 0 spiro atoms. The highest BCUT2D eigenvalue weighted by atomic mass is 32.1. The molecule has 2 aromatic rings. The molecule has 0 aliphatic carbocycles. The van der Waals surface area contributed by atoms with Crippen LogP contribution in [0.4, 0.5) is 0 Å². The van der Waals surface area contributed by atoms with Crippen LogP contribution in [0.3, 0.4) is 0 Å². The lowest BCUT2D eigenvalue weighted by Crippen LogP contribution is -2.23. The number of nitrogens with zero attached hydrogens (tertiary/aromatic N) is 3. The number of benzene rings is 1. The third-order valence-electron chi connectivity index (χ3n) is 3.85. The quantitative estimate of drug-likeness (QED) is 0.878. The lowest BCUT2D eigenvalue weighted by Gasteiger charge is -2.14. The first-order chi connectivity index (χ1) is 9.76. The first-order valence-electron chi connectivity index (χ1n) is 7.25. The van der Waals surface area contributed by atoms with E-state index in [1.165, 1.54) is 18.4 Å². The topological polar surface area (TPSA) is 36.9 Å². The van der Waals surface area contributed by atoms with Crippen LogP contribution in [0.15, 0.2) is 24.3 Å². The van der Waals surface area contributed by atoms with Crippen LogP contribution in [0.1, 0.15) is 25.3 Å². The Balaban J connectivity index is 1.81. The van der Waals surface area contributed by atoms with Crippen molar-refractivity contribution < 1.29 is 0 Å². The molecule has 0 saturated carbocycles. The number of hydrogen-bond acceptors (Lipinski definition) is 3. The summed E-state index contributed by atoms with van der Waals surface area (Å²) in [6.07, 6.45) is 3.62. The molecule has 4 nitrogen and oxygen atoms in total. The first-order valence-corrected chi connectivity index (χ1v) is 7.65. The molecule has 2 heterocycles. The van der Waals surface area contributed by atoms with Crippen LogP contribution in [0.25, 0.3) is 11.4 Å². The highest BCUT2D eigenvalue weighted by Gasteiger charge is 2.13. The highest BCUT2D eigenvalue weighted by molar-refractivity contribution is 7.71. The van der Waals surface area contributed by atoms with E-state index in [9.17, 15) is 0 Å². The van der Waals surface area contributed by atoms with E-state index in [2.05, 4.69) is 46.2 Å². The van der Waals surface area contributed by atoms with Gasteiger partial charge < -0.3 is 0 Å². The van der Waals surface area contributed by atoms with E-state index < -0.39 is 0 Å². The van der Waals surface area contributed by atoms with E-state index in [4.69, 9.17) is 12.2 Å². The van der Waals surface area contributed by atoms with Crippen molar-refractivity contribution >= 4 is 12.2 Å². The zero-order valence-electron chi connectivity index (χ0n) is 11.8. The molecule has 1 aliphatic rings. The van der Waals surface area contributed by atoms with Crippen molar-refractivity contribution in [3.05, 3.63) is 34.6 Å². The van der Waals surface area contributed by atoms with Crippen LogP contribution in [-0.2, 0) is 13.1 Å². The van der Waals surface area contributed by atoms with Gasteiger partial charge in [0.15, 0.2) is 5.82 Å². The Morgan fingerprint density at radius 3 is 2.55 bits per heavy atom. The summed E-state index contributed by atoms with van der Waals surface area (Å²) in [6, 6.07) is 8.50. The summed E-state index contributed by atoms with van der Waals surface area (Å²) in [5.41, 5.74) is 2.43. The van der Waals surface area contributed by atoms with E-state index in [1.54, 1.807) is 0 Å². The van der Waals surface area contributed by atoms with Gasteiger partial charge in [0.05, 0.1) is 6.67 Å². The van der Waals surface area contributed by atoms with E-state index in [-0.39, 0.29) is 0 Å². The molecular weight excluding hydrogens is 268 g/mol. The van der Waals surface area contributed by atoms with E-state index in [1.807, 2.05) is 4.68 Å². The minimum Gasteiger partial charge on any atom is -0.284 e. The Labute approximate surface area is 124 Å². The maximum atomic E-state index is 5.35. The molecule has 5 heteroatoms. The Hall–Kier alpha value is -1.46. The second kappa shape index (κ2) is 5.89. The van der Waals surface area contributed by atoms with Crippen LogP contribution in [0.5, 0.6) is 0 Å². The summed E-state index contributed by atoms with van der Waals surface area (Å²) >= 11 is 5.35. The normalized spacial score (nSPS) is 15.8. The number of rotatable bonds is 4. The summed E-state index contributed by atoms with van der Waals surface area (Å²) in [5.74, 6) is 0.858. The molecule has 1 aromatic heterocycles. The van der Waals surface area contributed by atoms with Gasteiger partial charge in [-0.25, -0.2) is 4.68 Å². The third kappa shape index (κ3) is 2.83. The van der Waals surface area contributed by atoms with Gasteiger partial charge in [-0.1, -0.05) is 31.2 Å². The predicted octanol–water partition coefficient (Wildman–Crippen LogP) is 3.22. The third-order valence-corrected chi connectivity index (χ3v) is 4.17. The van der Waals surface area contributed by atoms with Crippen LogP contribution in [-0.4, -0.2) is 32.8 Å². The first kappa shape index (κ1) is 13.5. The van der Waals surface area contributed by atoms with Crippen LogP contribution in [0.2, 0.25) is 0 Å². The molecular formula is C15H20N4S. The Kier molecular flexibility index (Phi) is 3.98. The van der Waals surface area contributed by atoms with Crippen molar-refractivity contribution in [2.75, 3.05) is 13.1 Å². The van der Waals surface area contributed by atoms with Gasteiger partial charge in [-0.15, -0.1) is 0 Å². The molecule has 20 heavy (non-hydrogen) atoms. The fraction of sp³-hybridized carbons (Fsp3) is 0.467. The fourth-order valence-electron chi connectivity index (χ4n) is 2.60. The average Bonchev–Trinajstić information content (AvgIpc) is 3.10. The van der Waals surface area contributed by atoms with Gasteiger partial charge in [-0.3, -0.25) is 10.00 Å². The van der Waals surface area contributed by atoms with Crippen LogP contribution in [0, 0.1) is 4.77 Å². The van der Waals surface area contributed by atoms with Crippen molar-refractivity contribution in [2.45, 2.75) is 32.9 Å². The van der Waals surface area contributed by atoms with Gasteiger partial charge in [0.1, 0.15) is 0 Å². The van der Waals surface area contributed by atoms with Crippen LogP contribution >= 0.6 is 12.2 Å². The van der Waals surface area contributed by atoms with Gasteiger partial charge in [-0.05, 0) is 50.1 Å². The number of likely N-dealkylation sites (tertiary alicyclic amines) is 1. The number of H-pyrrole nitrogens is 1. The Morgan fingerprint density at radius 1 is 1.20 bits per heavy atom. The van der Waals surface area contributed by atoms with Crippen molar-refractivity contribution in [1.29, 1.82) is 0 Å². The summed E-state index contributed by atoms with van der Waals surface area (Å²) < 4.78 is 2.59. The molecule has 0 amide bonds. The van der Waals surface area contributed by atoms with E-state index in [0.717, 1.165) is 37.6 Å². The smallest absolute Gasteiger partial charge is 0.217 e. The van der Waals surface area contributed by atoms with Crippen molar-refractivity contribution in [1.82, 2.24) is 19.7 Å². The number of nitrogens with one attached hydrogen (secondary N) is 1. The Morgan fingerprint density at radius 2 is 1.90 bits per heavy atom. The zero-order valence-corrected chi connectivity index (χ0v) is 12.6. The molecule has 1 aliphatic heterocycles. The number of aromatic amines is 1.